The molecule has 4 aromatic carbocycles. The number of nitriles is 1. The number of hydrogen-bond acceptors (Lipinski definition) is 7. The topological polar surface area (TPSA) is 132 Å². The number of methoxy groups -OCH3 is 1. The number of anilines is 2. The van der Waals surface area contributed by atoms with Crippen molar-refractivity contribution in [2.75, 3.05) is 37.5 Å². The minimum absolute atomic E-state index is 0.277. The molecule has 5 aromatic rings. The van der Waals surface area contributed by atoms with E-state index >= 15 is 0 Å². The van der Waals surface area contributed by atoms with E-state index in [1.54, 1.807) is 49.5 Å². The molecular weight excluding hydrogens is 630 g/mol. The van der Waals surface area contributed by atoms with Crippen LogP contribution >= 0.6 is 0 Å². The normalized spacial score (nSPS) is 10.7. The van der Waals surface area contributed by atoms with Crippen LogP contribution in [-0.2, 0) is 13.7 Å². The molecule has 5 rings (SSSR count). The van der Waals surface area contributed by atoms with Gasteiger partial charge < -0.3 is 34.7 Å². The van der Waals surface area contributed by atoms with Crippen LogP contribution in [0.3, 0.4) is 0 Å². The first kappa shape index (κ1) is 35.3. The zero-order valence-electron chi connectivity index (χ0n) is 28.9. The van der Waals surface area contributed by atoms with Gasteiger partial charge in [-0.1, -0.05) is 42.5 Å². The van der Waals surface area contributed by atoms with Gasteiger partial charge >= 0.3 is 0 Å². The van der Waals surface area contributed by atoms with Crippen molar-refractivity contribution >= 4 is 23.2 Å². The van der Waals surface area contributed by atoms with Gasteiger partial charge in [-0.15, -0.1) is 0 Å². The van der Waals surface area contributed by atoms with Crippen molar-refractivity contribution in [1.82, 2.24) is 4.57 Å². The summed E-state index contributed by atoms with van der Waals surface area (Å²) in [6.07, 6.45) is 0.665. The van der Waals surface area contributed by atoms with Crippen LogP contribution in [0.2, 0.25) is 0 Å². The van der Waals surface area contributed by atoms with Crippen LogP contribution in [0.25, 0.3) is 11.3 Å². The van der Waals surface area contributed by atoms with E-state index in [9.17, 15) is 14.9 Å². The van der Waals surface area contributed by atoms with Gasteiger partial charge in [-0.05, 0) is 92.0 Å². The first-order chi connectivity index (χ1) is 24.1. The summed E-state index contributed by atoms with van der Waals surface area (Å²) < 4.78 is 19.6. The number of rotatable bonds is 13. The van der Waals surface area contributed by atoms with Crippen LogP contribution in [0, 0.1) is 25.2 Å². The summed E-state index contributed by atoms with van der Waals surface area (Å²) >= 11 is 0. The highest BCUT2D eigenvalue weighted by atomic mass is 16.5. The molecule has 0 aliphatic heterocycles. The fraction of sp³-hybridized carbons (Fsp3) is 0.225. The molecule has 0 fully saturated rings. The van der Waals surface area contributed by atoms with Gasteiger partial charge in [0.1, 0.15) is 29.9 Å². The third-order valence-corrected chi connectivity index (χ3v) is 8.43. The lowest BCUT2D eigenvalue weighted by Crippen LogP contribution is -2.27. The minimum atomic E-state index is -0.374. The lowest BCUT2D eigenvalue weighted by molar-refractivity contribution is 0.0990. The lowest BCUT2D eigenvalue weighted by Gasteiger charge is -2.22. The second-order valence-corrected chi connectivity index (χ2v) is 11.9. The second kappa shape index (κ2) is 15.9. The average molecular weight is 672 g/mol. The predicted octanol–water partition coefficient (Wildman–Crippen LogP) is 7.02. The SMILES string of the molecule is COc1cc(C(=O)N(C)c2ccc(C)cc2OCc2ccc(-c3c(C#N)cc(C)n3C)cc2)ccc1NC(=O)c1ccccc1OCCCN. The van der Waals surface area contributed by atoms with Gasteiger partial charge in [0.05, 0.1) is 41.9 Å². The van der Waals surface area contributed by atoms with E-state index in [2.05, 4.69) is 11.4 Å². The molecule has 1 aromatic heterocycles. The molecule has 50 heavy (non-hydrogen) atoms. The molecule has 0 saturated carbocycles. The number of carbonyl (C=O) groups excluding carboxylic acids is 2. The Kier molecular flexibility index (Phi) is 11.2. The van der Waals surface area contributed by atoms with E-state index in [0.29, 0.717) is 64.9 Å². The van der Waals surface area contributed by atoms with Gasteiger partial charge in [0.25, 0.3) is 11.8 Å². The minimum Gasteiger partial charge on any atom is -0.495 e. The number of benzene rings is 4. The number of nitrogens with zero attached hydrogens (tertiary/aromatic N) is 3. The zero-order valence-corrected chi connectivity index (χ0v) is 28.9. The van der Waals surface area contributed by atoms with Crippen LogP contribution in [0.15, 0.2) is 91.0 Å². The Morgan fingerprint density at radius 3 is 2.40 bits per heavy atom. The maximum absolute atomic E-state index is 13.8. The summed E-state index contributed by atoms with van der Waals surface area (Å²) in [4.78, 5) is 28.5. The van der Waals surface area contributed by atoms with Gasteiger partial charge in [-0.3, -0.25) is 9.59 Å². The van der Waals surface area contributed by atoms with Crippen molar-refractivity contribution in [3.05, 3.63) is 125 Å². The Bertz CT molecular complexity index is 2040. The monoisotopic (exact) mass is 671 g/mol. The molecule has 10 heteroatoms. The number of carbonyl (C=O) groups is 2. The molecule has 1 heterocycles. The first-order valence-electron chi connectivity index (χ1n) is 16.2. The number of aromatic nitrogens is 1. The van der Waals surface area contributed by atoms with E-state index in [-0.39, 0.29) is 18.4 Å². The Labute approximate surface area is 292 Å². The summed E-state index contributed by atoms with van der Waals surface area (Å²) in [5.41, 5.74) is 12.7. The predicted molar refractivity (Wildman–Crippen MR) is 195 cm³/mol. The van der Waals surface area contributed by atoms with Crippen LogP contribution in [0.4, 0.5) is 11.4 Å². The van der Waals surface area contributed by atoms with Gasteiger partial charge in [-0.25, -0.2) is 0 Å². The van der Waals surface area contributed by atoms with Crippen molar-refractivity contribution in [3.63, 3.8) is 0 Å². The van der Waals surface area contributed by atoms with Crippen molar-refractivity contribution in [1.29, 1.82) is 5.26 Å². The quantitative estimate of drug-likeness (QED) is 0.129. The Hall–Kier alpha value is -6.05. The third kappa shape index (κ3) is 7.80. The highest BCUT2D eigenvalue weighted by Gasteiger charge is 2.21. The van der Waals surface area contributed by atoms with Crippen molar-refractivity contribution < 1.29 is 23.8 Å². The number of hydrogen-bond donors (Lipinski definition) is 2. The van der Waals surface area contributed by atoms with Gasteiger partial charge in [0.2, 0.25) is 0 Å². The molecule has 0 aliphatic carbocycles. The summed E-state index contributed by atoms with van der Waals surface area (Å²) in [7, 11) is 5.12. The van der Waals surface area contributed by atoms with E-state index < -0.39 is 0 Å². The van der Waals surface area contributed by atoms with Gasteiger partial charge in [0, 0.05) is 25.4 Å². The average Bonchev–Trinajstić information content (AvgIpc) is 3.43. The summed E-state index contributed by atoms with van der Waals surface area (Å²) in [6.45, 7) is 5.10. The van der Waals surface area contributed by atoms with Gasteiger partial charge in [-0.2, -0.15) is 5.26 Å². The van der Waals surface area contributed by atoms with Crippen molar-refractivity contribution in [2.45, 2.75) is 26.9 Å². The van der Waals surface area contributed by atoms with Crippen LogP contribution in [0.5, 0.6) is 17.2 Å². The third-order valence-electron chi connectivity index (χ3n) is 8.43. The molecule has 0 saturated heterocycles. The number of aryl methyl sites for hydroxylation is 2. The molecule has 10 nitrogen and oxygen atoms in total. The molecule has 256 valence electrons. The second-order valence-electron chi connectivity index (χ2n) is 11.9. The fourth-order valence-corrected chi connectivity index (χ4v) is 5.57. The maximum Gasteiger partial charge on any atom is 0.259 e. The largest absolute Gasteiger partial charge is 0.495 e. The summed E-state index contributed by atoms with van der Waals surface area (Å²) in [5, 5.41) is 12.5. The van der Waals surface area contributed by atoms with E-state index in [1.807, 2.05) is 74.0 Å². The summed E-state index contributed by atoms with van der Waals surface area (Å²) in [6, 6.07) is 29.6. The van der Waals surface area contributed by atoms with Crippen LogP contribution in [-0.4, -0.2) is 43.7 Å². The molecule has 0 spiro atoms. The summed E-state index contributed by atoms with van der Waals surface area (Å²) in [5.74, 6) is 0.675. The molecule has 3 N–H and O–H groups in total. The Balaban J connectivity index is 1.30. The molecule has 2 amide bonds. The fourth-order valence-electron chi connectivity index (χ4n) is 5.57. The first-order valence-corrected chi connectivity index (χ1v) is 16.2. The molecular formula is C40H41N5O5. The number of nitrogens with one attached hydrogen (secondary N) is 1. The standard InChI is InChI=1S/C40H41N5O5/c1-26-11-18-34(37(21-26)50-25-28-12-14-29(15-13-28)38-31(24-42)22-27(2)44(38)3)45(4)40(47)30-16-17-33(36(23-30)48-5)43-39(46)32-9-6-7-10-35(32)49-20-8-19-41/h6-7,9-18,21-23H,8,19-20,25,41H2,1-5H3,(H,43,46). The van der Waals surface area contributed by atoms with Crippen LogP contribution < -0.4 is 30.2 Å². The van der Waals surface area contributed by atoms with E-state index in [4.69, 9.17) is 19.9 Å². The number of ether oxygens (including phenoxy) is 3. The molecule has 0 radical (unpaired) electrons. The van der Waals surface area contributed by atoms with Crippen molar-refractivity contribution in [3.8, 4) is 34.6 Å². The number of nitrogens with two attached hydrogens (primary N) is 1. The highest BCUT2D eigenvalue weighted by molar-refractivity contribution is 6.09. The van der Waals surface area contributed by atoms with E-state index in [0.717, 1.165) is 28.1 Å². The number of amides is 2. The van der Waals surface area contributed by atoms with Crippen LogP contribution in [0.1, 0.15) is 49.5 Å². The Morgan fingerprint density at radius 1 is 0.920 bits per heavy atom. The lowest BCUT2D eigenvalue weighted by atomic mass is 10.1. The highest BCUT2D eigenvalue weighted by Crippen LogP contribution is 2.33. The smallest absolute Gasteiger partial charge is 0.259 e. The molecule has 0 bridgehead atoms. The number of para-hydroxylation sites is 1. The maximum atomic E-state index is 13.8. The van der Waals surface area contributed by atoms with Gasteiger partial charge in [0.15, 0.2) is 0 Å². The van der Waals surface area contributed by atoms with E-state index in [1.165, 1.54) is 12.0 Å². The molecule has 0 atom stereocenters. The molecule has 0 aliphatic rings. The van der Waals surface area contributed by atoms with Crippen molar-refractivity contribution in [2.24, 2.45) is 12.8 Å². The Morgan fingerprint density at radius 2 is 1.68 bits per heavy atom. The zero-order chi connectivity index (χ0) is 35.8. The molecule has 0 unspecified atom stereocenters.